The van der Waals surface area contributed by atoms with Crippen molar-refractivity contribution in [2.75, 3.05) is 5.75 Å². The molecule has 35 heavy (non-hydrogen) atoms. The van der Waals surface area contributed by atoms with Gasteiger partial charge >= 0.3 is 0 Å². The first kappa shape index (κ1) is 26.8. The smallest absolute Gasteiger partial charge is 0.243 e. The standard InChI is InChI=1S/C29H33ClN2O2S/c1-21(2)31-29(34)27(19-23-7-5-4-6-8-23)32(20-24-11-13-25(30)14-12-24)28(33)17-18-35-26-15-9-22(3)10-16-26/h4-16,21,27H,17-20H2,1-3H3,(H,31,34). The first-order valence-electron chi connectivity index (χ1n) is 11.9. The second-order valence-electron chi connectivity index (χ2n) is 8.93. The molecule has 0 radical (unpaired) electrons. The number of hydrogen-bond acceptors (Lipinski definition) is 3. The van der Waals surface area contributed by atoms with E-state index in [4.69, 9.17) is 11.6 Å². The Labute approximate surface area is 218 Å². The van der Waals surface area contributed by atoms with Crippen molar-refractivity contribution < 1.29 is 9.59 Å². The van der Waals surface area contributed by atoms with Gasteiger partial charge in [-0.2, -0.15) is 0 Å². The number of carbonyl (C=O) groups is 2. The zero-order valence-electron chi connectivity index (χ0n) is 20.5. The summed E-state index contributed by atoms with van der Waals surface area (Å²) in [5.41, 5.74) is 3.16. The second kappa shape index (κ2) is 13.4. The third-order valence-electron chi connectivity index (χ3n) is 5.57. The van der Waals surface area contributed by atoms with Crippen LogP contribution in [0.5, 0.6) is 0 Å². The average Bonchev–Trinajstić information content (AvgIpc) is 2.84. The van der Waals surface area contributed by atoms with E-state index in [9.17, 15) is 9.59 Å². The molecular weight excluding hydrogens is 476 g/mol. The van der Waals surface area contributed by atoms with E-state index in [0.717, 1.165) is 16.0 Å². The van der Waals surface area contributed by atoms with Crippen LogP contribution in [0.4, 0.5) is 0 Å². The maximum absolute atomic E-state index is 13.6. The molecule has 1 N–H and O–H groups in total. The third kappa shape index (κ3) is 8.75. The van der Waals surface area contributed by atoms with Crippen molar-refractivity contribution in [1.82, 2.24) is 10.2 Å². The third-order valence-corrected chi connectivity index (χ3v) is 6.84. The van der Waals surface area contributed by atoms with Crippen LogP contribution in [0.1, 0.15) is 37.0 Å². The van der Waals surface area contributed by atoms with Crippen molar-refractivity contribution in [3.05, 3.63) is 101 Å². The number of carbonyl (C=O) groups excluding carboxylic acids is 2. The van der Waals surface area contributed by atoms with Crippen molar-refractivity contribution in [3.63, 3.8) is 0 Å². The SMILES string of the molecule is Cc1ccc(SCCC(=O)N(Cc2ccc(Cl)cc2)C(Cc2ccccc2)C(=O)NC(C)C)cc1. The van der Waals surface area contributed by atoms with E-state index in [0.29, 0.717) is 30.2 Å². The van der Waals surface area contributed by atoms with Gasteiger partial charge < -0.3 is 10.2 Å². The zero-order valence-corrected chi connectivity index (χ0v) is 22.1. The number of hydrogen-bond donors (Lipinski definition) is 1. The molecule has 2 amide bonds. The lowest BCUT2D eigenvalue weighted by Crippen LogP contribution is -2.51. The fourth-order valence-corrected chi connectivity index (χ4v) is 4.72. The van der Waals surface area contributed by atoms with Gasteiger partial charge in [-0.05, 0) is 56.2 Å². The second-order valence-corrected chi connectivity index (χ2v) is 10.5. The van der Waals surface area contributed by atoms with Crippen LogP contribution in [-0.4, -0.2) is 34.6 Å². The molecule has 184 valence electrons. The first-order chi connectivity index (χ1) is 16.8. The molecule has 0 spiro atoms. The maximum atomic E-state index is 13.6. The lowest BCUT2D eigenvalue weighted by atomic mass is 10.0. The number of amides is 2. The summed E-state index contributed by atoms with van der Waals surface area (Å²) in [5, 5.41) is 3.66. The van der Waals surface area contributed by atoms with Crippen molar-refractivity contribution in [3.8, 4) is 0 Å². The molecular formula is C29H33ClN2O2S. The molecule has 4 nitrogen and oxygen atoms in total. The Morgan fingerprint density at radius 3 is 2.20 bits per heavy atom. The van der Waals surface area contributed by atoms with Crippen LogP contribution in [0.3, 0.4) is 0 Å². The Hall–Kier alpha value is -2.76. The van der Waals surface area contributed by atoms with Crippen LogP contribution in [-0.2, 0) is 22.6 Å². The number of nitrogens with one attached hydrogen (secondary N) is 1. The number of rotatable bonds is 11. The summed E-state index contributed by atoms with van der Waals surface area (Å²) >= 11 is 7.73. The quantitative estimate of drug-likeness (QED) is 0.309. The topological polar surface area (TPSA) is 49.4 Å². The fourth-order valence-electron chi connectivity index (χ4n) is 3.76. The van der Waals surface area contributed by atoms with E-state index in [-0.39, 0.29) is 17.9 Å². The monoisotopic (exact) mass is 508 g/mol. The molecule has 0 aliphatic heterocycles. The van der Waals surface area contributed by atoms with Gasteiger partial charge in [0, 0.05) is 41.1 Å². The summed E-state index contributed by atoms with van der Waals surface area (Å²) in [7, 11) is 0. The average molecular weight is 509 g/mol. The number of benzene rings is 3. The van der Waals surface area contributed by atoms with Crippen molar-refractivity contribution in [1.29, 1.82) is 0 Å². The number of thioether (sulfide) groups is 1. The Morgan fingerprint density at radius 1 is 0.914 bits per heavy atom. The Kier molecular flexibility index (Phi) is 10.2. The summed E-state index contributed by atoms with van der Waals surface area (Å²) in [6, 6.07) is 24.9. The van der Waals surface area contributed by atoms with Crippen LogP contribution < -0.4 is 5.32 Å². The van der Waals surface area contributed by atoms with Crippen molar-refractivity contribution >= 4 is 35.2 Å². The van der Waals surface area contributed by atoms with Crippen LogP contribution in [0.2, 0.25) is 5.02 Å². The predicted octanol–water partition coefficient (Wildman–Crippen LogP) is 6.30. The minimum absolute atomic E-state index is 0.0228. The van der Waals surface area contributed by atoms with Gasteiger partial charge in [-0.15, -0.1) is 11.8 Å². The predicted molar refractivity (Wildman–Crippen MR) is 146 cm³/mol. The number of aryl methyl sites for hydroxylation is 1. The first-order valence-corrected chi connectivity index (χ1v) is 13.3. The van der Waals surface area contributed by atoms with E-state index in [1.807, 2.05) is 68.4 Å². The van der Waals surface area contributed by atoms with Gasteiger partial charge in [0.2, 0.25) is 11.8 Å². The van der Waals surface area contributed by atoms with Gasteiger partial charge in [-0.3, -0.25) is 9.59 Å². The maximum Gasteiger partial charge on any atom is 0.243 e. The van der Waals surface area contributed by atoms with Gasteiger partial charge in [0.05, 0.1) is 0 Å². The summed E-state index contributed by atoms with van der Waals surface area (Å²) in [5.74, 6) is 0.458. The molecule has 0 saturated heterocycles. The summed E-state index contributed by atoms with van der Waals surface area (Å²) in [4.78, 5) is 29.8. The highest BCUT2D eigenvalue weighted by molar-refractivity contribution is 7.99. The fraction of sp³-hybridized carbons (Fsp3) is 0.310. The molecule has 0 heterocycles. The van der Waals surface area contributed by atoms with Crippen LogP contribution in [0, 0.1) is 6.92 Å². The summed E-state index contributed by atoms with van der Waals surface area (Å²) < 4.78 is 0. The Balaban J connectivity index is 1.83. The van der Waals surface area contributed by atoms with Crippen LogP contribution >= 0.6 is 23.4 Å². The molecule has 1 unspecified atom stereocenters. The number of halogens is 1. The highest BCUT2D eigenvalue weighted by atomic mass is 35.5. The molecule has 0 bridgehead atoms. The highest BCUT2D eigenvalue weighted by Crippen LogP contribution is 2.22. The van der Waals surface area contributed by atoms with E-state index in [2.05, 4.69) is 36.5 Å². The molecule has 3 aromatic rings. The molecule has 0 fully saturated rings. The molecule has 3 aromatic carbocycles. The van der Waals surface area contributed by atoms with Gasteiger partial charge in [0.1, 0.15) is 6.04 Å². The zero-order chi connectivity index (χ0) is 25.2. The normalized spacial score (nSPS) is 11.8. The Morgan fingerprint density at radius 2 is 1.57 bits per heavy atom. The van der Waals surface area contributed by atoms with E-state index in [1.54, 1.807) is 16.7 Å². The van der Waals surface area contributed by atoms with E-state index in [1.165, 1.54) is 5.56 Å². The van der Waals surface area contributed by atoms with Gasteiger partial charge in [-0.1, -0.05) is 71.8 Å². The highest BCUT2D eigenvalue weighted by Gasteiger charge is 2.30. The Bertz CT molecular complexity index is 1090. The molecule has 0 aliphatic carbocycles. The largest absolute Gasteiger partial charge is 0.352 e. The lowest BCUT2D eigenvalue weighted by Gasteiger charge is -2.32. The van der Waals surface area contributed by atoms with Crippen LogP contribution in [0.15, 0.2) is 83.8 Å². The lowest BCUT2D eigenvalue weighted by molar-refractivity contribution is -0.141. The van der Waals surface area contributed by atoms with E-state index >= 15 is 0 Å². The summed E-state index contributed by atoms with van der Waals surface area (Å²) in [6.45, 7) is 6.26. The van der Waals surface area contributed by atoms with Gasteiger partial charge in [0.15, 0.2) is 0 Å². The molecule has 0 aliphatic rings. The molecule has 6 heteroatoms. The van der Waals surface area contributed by atoms with Crippen molar-refractivity contribution in [2.45, 2.75) is 57.1 Å². The van der Waals surface area contributed by atoms with Crippen molar-refractivity contribution in [2.24, 2.45) is 0 Å². The molecule has 1 atom stereocenters. The molecule has 0 saturated carbocycles. The number of nitrogens with zero attached hydrogens (tertiary/aromatic N) is 1. The molecule has 3 rings (SSSR count). The van der Waals surface area contributed by atoms with E-state index < -0.39 is 6.04 Å². The van der Waals surface area contributed by atoms with Gasteiger partial charge in [0.25, 0.3) is 0 Å². The van der Waals surface area contributed by atoms with Gasteiger partial charge in [-0.25, -0.2) is 0 Å². The van der Waals surface area contributed by atoms with Crippen LogP contribution in [0.25, 0.3) is 0 Å². The minimum atomic E-state index is -0.618. The molecule has 0 aromatic heterocycles. The minimum Gasteiger partial charge on any atom is -0.352 e. The summed E-state index contributed by atoms with van der Waals surface area (Å²) in [6.07, 6.45) is 0.788.